The predicted molar refractivity (Wildman–Crippen MR) is 78.8 cm³/mol. The first-order chi connectivity index (χ1) is 9.63. The van der Waals surface area contributed by atoms with E-state index in [4.69, 9.17) is 5.73 Å². The Balaban J connectivity index is 1.80. The zero-order valence-corrected chi connectivity index (χ0v) is 11.2. The number of amides is 1. The number of hydrogen-bond acceptors (Lipinski definition) is 4. The molecule has 0 radical (unpaired) electrons. The van der Waals surface area contributed by atoms with Crippen molar-refractivity contribution in [2.45, 2.75) is 6.54 Å². The molecule has 0 spiro atoms. The monoisotopic (exact) mass is 288 g/mol. The summed E-state index contributed by atoms with van der Waals surface area (Å²) in [5.74, 6) is -0.201. The van der Waals surface area contributed by atoms with E-state index in [1.54, 1.807) is 23.7 Å². The molecule has 20 heavy (non-hydrogen) atoms. The highest BCUT2D eigenvalue weighted by atomic mass is 32.1. The summed E-state index contributed by atoms with van der Waals surface area (Å²) < 4.78 is 0. The molecule has 0 aliphatic heterocycles. The molecule has 0 atom stereocenters. The van der Waals surface area contributed by atoms with E-state index in [9.17, 15) is 9.59 Å². The van der Waals surface area contributed by atoms with Crippen LogP contribution in [0.3, 0.4) is 0 Å². The van der Waals surface area contributed by atoms with Gasteiger partial charge in [0.25, 0.3) is 5.91 Å². The Morgan fingerprint density at radius 3 is 3.00 bits per heavy atom. The molecule has 0 fully saturated rings. The molecule has 0 saturated heterocycles. The molecule has 2 heterocycles. The van der Waals surface area contributed by atoms with Gasteiger partial charge in [0.05, 0.1) is 12.1 Å². The number of carbonyl (C=O) groups excluding carboxylic acids is 1. The topological polar surface area (TPSA) is 104 Å². The Morgan fingerprint density at radius 1 is 1.40 bits per heavy atom. The fourth-order valence-corrected chi connectivity index (χ4v) is 2.58. The van der Waals surface area contributed by atoms with Crippen LogP contribution < -0.4 is 15.9 Å². The lowest BCUT2D eigenvalue weighted by molar-refractivity contribution is 0.0952. The minimum absolute atomic E-state index is 0.128. The summed E-state index contributed by atoms with van der Waals surface area (Å²) in [5, 5.41) is 5.28. The average Bonchev–Trinajstić information content (AvgIpc) is 3.01. The standard InChI is InChI=1S/C13H12N4O2S/c14-7-1-2-9-10(5-15-11(9)3-7)12(18)16-4-8-6-20-13(19)17-8/h1-3,5-6,15H,4,14H2,(H,16,18)(H,17,19). The third-order valence-corrected chi connectivity index (χ3v) is 3.68. The van der Waals surface area contributed by atoms with Gasteiger partial charge in [0.1, 0.15) is 0 Å². The molecule has 5 N–H and O–H groups in total. The number of aromatic nitrogens is 2. The van der Waals surface area contributed by atoms with E-state index >= 15 is 0 Å². The number of fused-ring (bicyclic) bond motifs is 1. The van der Waals surface area contributed by atoms with Crippen molar-refractivity contribution in [3.63, 3.8) is 0 Å². The van der Waals surface area contributed by atoms with E-state index in [1.807, 2.05) is 6.07 Å². The fourth-order valence-electron chi connectivity index (χ4n) is 2.00. The molecule has 3 rings (SSSR count). The van der Waals surface area contributed by atoms with Crippen LogP contribution in [0.4, 0.5) is 5.69 Å². The van der Waals surface area contributed by atoms with Crippen LogP contribution in [0, 0.1) is 0 Å². The van der Waals surface area contributed by atoms with Gasteiger partial charge in [-0.2, -0.15) is 0 Å². The number of carbonyl (C=O) groups is 1. The zero-order valence-electron chi connectivity index (χ0n) is 10.4. The lowest BCUT2D eigenvalue weighted by Crippen LogP contribution is -2.23. The molecular formula is C13H12N4O2S. The second-order valence-corrected chi connectivity index (χ2v) is 5.21. The van der Waals surface area contributed by atoms with Crippen molar-refractivity contribution in [3.05, 3.63) is 50.7 Å². The minimum atomic E-state index is -0.201. The van der Waals surface area contributed by atoms with Crippen LogP contribution in [-0.4, -0.2) is 15.9 Å². The van der Waals surface area contributed by atoms with Gasteiger partial charge in [-0.1, -0.05) is 11.3 Å². The maximum absolute atomic E-state index is 12.1. The van der Waals surface area contributed by atoms with Gasteiger partial charge < -0.3 is 21.0 Å². The first-order valence-electron chi connectivity index (χ1n) is 5.95. The van der Waals surface area contributed by atoms with E-state index < -0.39 is 0 Å². The Morgan fingerprint density at radius 2 is 2.25 bits per heavy atom. The van der Waals surface area contributed by atoms with Gasteiger partial charge in [-0.15, -0.1) is 0 Å². The molecule has 6 nitrogen and oxygen atoms in total. The van der Waals surface area contributed by atoms with Crippen molar-refractivity contribution in [1.82, 2.24) is 15.3 Å². The molecule has 0 aliphatic carbocycles. The number of thiazole rings is 1. The number of H-pyrrole nitrogens is 2. The zero-order chi connectivity index (χ0) is 14.1. The molecule has 1 aromatic carbocycles. The maximum Gasteiger partial charge on any atom is 0.304 e. The van der Waals surface area contributed by atoms with Gasteiger partial charge in [-0.25, -0.2) is 0 Å². The van der Waals surface area contributed by atoms with E-state index in [2.05, 4.69) is 15.3 Å². The molecule has 7 heteroatoms. The summed E-state index contributed by atoms with van der Waals surface area (Å²) >= 11 is 1.08. The smallest absolute Gasteiger partial charge is 0.304 e. The highest BCUT2D eigenvalue weighted by molar-refractivity contribution is 7.07. The van der Waals surface area contributed by atoms with Crippen LogP contribution in [0.2, 0.25) is 0 Å². The SMILES string of the molecule is Nc1ccc2c(C(=O)NCc3csc(=O)[nH]3)c[nH]c2c1. The number of nitrogens with one attached hydrogen (secondary N) is 3. The number of aromatic amines is 2. The molecule has 0 bridgehead atoms. The van der Waals surface area contributed by atoms with E-state index in [0.29, 0.717) is 23.5 Å². The third-order valence-electron chi connectivity index (χ3n) is 2.96. The minimum Gasteiger partial charge on any atom is -0.399 e. The molecule has 2 aromatic heterocycles. The van der Waals surface area contributed by atoms with Crippen molar-refractivity contribution in [2.75, 3.05) is 5.73 Å². The first kappa shape index (κ1) is 12.5. The van der Waals surface area contributed by atoms with Crippen molar-refractivity contribution in [3.8, 4) is 0 Å². The predicted octanol–water partition coefficient (Wildman–Crippen LogP) is 1.43. The fraction of sp³-hybridized carbons (Fsp3) is 0.0769. The highest BCUT2D eigenvalue weighted by Gasteiger charge is 2.12. The van der Waals surface area contributed by atoms with Crippen LogP contribution in [0.15, 0.2) is 34.6 Å². The number of hydrogen-bond donors (Lipinski definition) is 4. The summed E-state index contributed by atoms with van der Waals surface area (Å²) in [6, 6.07) is 5.34. The lowest BCUT2D eigenvalue weighted by atomic mass is 10.1. The average molecular weight is 288 g/mol. The van der Waals surface area contributed by atoms with E-state index in [1.165, 1.54) is 0 Å². The largest absolute Gasteiger partial charge is 0.399 e. The van der Waals surface area contributed by atoms with Gasteiger partial charge in [-0.3, -0.25) is 9.59 Å². The van der Waals surface area contributed by atoms with Crippen LogP contribution in [0.25, 0.3) is 10.9 Å². The maximum atomic E-state index is 12.1. The molecule has 0 saturated carbocycles. The number of nitrogens with two attached hydrogens (primary N) is 1. The van der Waals surface area contributed by atoms with Crippen LogP contribution in [-0.2, 0) is 6.54 Å². The molecule has 3 aromatic rings. The van der Waals surface area contributed by atoms with E-state index in [-0.39, 0.29) is 10.8 Å². The number of rotatable bonds is 3. The summed E-state index contributed by atoms with van der Waals surface area (Å²) in [6.07, 6.45) is 1.65. The van der Waals surface area contributed by atoms with Gasteiger partial charge in [-0.05, 0) is 18.2 Å². The normalized spacial score (nSPS) is 10.8. The Labute approximate surface area is 117 Å². The summed E-state index contributed by atoms with van der Waals surface area (Å²) in [4.78, 5) is 28.7. The van der Waals surface area contributed by atoms with Gasteiger partial charge in [0, 0.05) is 33.9 Å². The van der Waals surface area contributed by atoms with Crippen molar-refractivity contribution in [1.29, 1.82) is 0 Å². The van der Waals surface area contributed by atoms with Gasteiger partial charge >= 0.3 is 4.87 Å². The lowest BCUT2D eigenvalue weighted by Gasteiger charge is -2.02. The first-order valence-corrected chi connectivity index (χ1v) is 6.83. The van der Waals surface area contributed by atoms with Gasteiger partial charge in [0.15, 0.2) is 0 Å². The second kappa shape index (κ2) is 4.86. The van der Waals surface area contributed by atoms with Crippen molar-refractivity contribution >= 4 is 33.8 Å². The number of benzene rings is 1. The molecule has 0 aliphatic rings. The molecular weight excluding hydrogens is 276 g/mol. The Hall–Kier alpha value is -2.54. The second-order valence-electron chi connectivity index (χ2n) is 4.36. The number of anilines is 1. The third kappa shape index (κ3) is 2.30. The summed E-state index contributed by atoms with van der Waals surface area (Å²) in [5.41, 5.74) is 8.40. The van der Waals surface area contributed by atoms with Crippen LogP contribution >= 0.6 is 11.3 Å². The van der Waals surface area contributed by atoms with Crippen molar-refractivity contribution < 1.29 is 4.79 Å². The molecule has 102 valence electrons. The van der Waals surface area contributed by atoms with E-state index in [0.717, 1.165) is 22.2 Å². The number of nitrogen functional groups attached to an aromatic ring is 1. The molecule has 1 amide bonds. The molecule has 0 unspecified atom stereocenters. The van der Waals surface area contributed by atoms with Crippen LogP contribution in [0.5, 0.6) is 0 Å². The Kier molecular flexibility index (Phi) is 3.03. The summed E-state index contributed by atoms with van der Waals surface area (Å²) in [7, 11) is 0. The van der Waals surface area contributed by atoms with Crippen molar-refractivity contribution in [2.24, 2.45) is 0 Å². The van der Waals surface area contributed by atoms with Gasteiger partial charge in [0.2, 0.25) is 0 Å². The summed E-state index contributed by atoms with van der Waals surface area (Å²) in [6.45, 7) is 0.291. The Bertz CT molecular complexity index is 830. The highest BCUT2D eigenvalue weighted by Crippen LogP contribution is 2.20. The van der Waals surface area contributed by atoms with Crippen LogP contribution in [0.1, 0.15) is 16.1 Å². The quantitative estimate of drug-likeness (QED) is 0.548.